The van der Waals surface area contributed by atoms with E-state index in [-0.39, 0.29) is 50.1 Å². The summed E-state index contributed by atoms with van der Waals surface area (Å²) in [6.45, 7) is -2.50. The Bertz CT molecular complexity index is 4450. The van der Waals surface area contributed by atoms with Crippen molar-refractivity contribution in [3.63, 3.8) is 0 Å². The van der Waals surface area contributed by atoms with E-state index < -0.39 is 166 Å². The first-order valence-electron chi connectivity index (χ1n) is 33.9. The number of hydrogen-bond donors (Lipinski definition) is 1. The number of aliphatic hydroxyl groups excluding tert-OH is 1. The Morgan fingerprint density at radius 2 is 0.449 bits per heavy atom. The van der Waals surface area contributed by atoms with Gasteiger partial charge in [0.05, 0.1) is 50.1 Å². The van der Waals surface area contributed by atoms with Crippen molar-refractivity contribution in [2.75, 3.05) is 26.9 Å². The predicted octanol–water partition coefficient (Wildman–Crippen LogP) is 9.86. The van der Waals surface area contributed by atoms with Crippen LogP contribution in [0.25, 0.3) is 0 Å². The van der Waals surface area contributed by atoms with Crippen LogP contribution in [0.2, 0.25) is 0 Å². The van der Waals surface area contributed by atoms with Gasteiger partial charge in [0.15, 0.2) is 55.5 Å². The maximum atomic E-state index is 15.3. The van der Waals surface area contributed by atoms with Gasteiger partial charge < -0.3 is 76.2 Å². The minimum absolute atomic E-state index is 0.00987. The van der Waals surface area contributed by atoms with Gasteiger partial charge in [0, 0.05) is 7.11 Å². The van der Waals surface area contributed by atoms with Crippen LogP contribution < -0.4 is 0 Å². The summed E-state index contributed by atoms with van der Waals surface area (Å²) < 4.78 is 96.5. The van der Waals surface area contributed by atoms with Gasteiger partial charge >= 0.3 is 53.7 Å². The number of rotatable bonds is 26. The third-order valence-corrected chi connectivity index (χ3v) is 17.3. The molecule has 0 amide bonds. The lowest BCUT2D eigenvalue weighted by molar-refractivity contribution is -0.377. The summed E-state index contributed by atoms with van der Waals surface area (Å²) in [5.74, 6) is -9.18. The van der Waals surface area contributed by atoms with Crippen molar-refractivity contribution in [1.82, 2.24) is 0 Å². The van der Waals surface area contributed by atoms with E-state index in [2.05, 4.69) is 0 Å². The summed E-state index contributed by atoms with van der Waals surface area (Å²) in [5, 5.41) is 13.1. The molecule has 3 aliphatic heterocycles. The van der Waals surface area contributed by atoms with Gasteiger partial charge in [-0.25, -0.2) is 43.2 Å². The smallest absolute Gasteiger partial charge is 0.338 e. The molecule has 0 aromatic heterocycles. The molecule has 1 N–H and O–H groups in total. The second kappa shape index (κ2) is 36.1. The molecule has 3 heterocycles. The highest BCUT2D eigenvalue weighted by atomic mass is 16.8. The minimum atomic E-state index is -2.30. The molecule has 548 valence electrons. The van der Waals surface area contributed by atoms with Crippen LogP contribution in [0, 0.1) is 0 Å². The van der Waals surface area contributed by atoms with E-state index in [1.54, 1.807) is 127 Å². The molecule has 3 saturated heterocycles. The SMILES string of the molecule is CO[C@@H]1O[C@H](COC(=O)c2ccccc2)[C@H](OC(=O)c2ccccc2)[C@H](O[C@@H]2O[C@H](COC(=O)c3ccccc3)[C@H](OC(=O)c3ccccc3)[C@H](O[C@@H]3O[C@H](COC(=O)c4ccccc4)[C@H](OC(=O)c4ccccc4)[C@H](O)[C@H]3OC(=O)c3ccccc3)[C@H]2OC(=O)c2ccccc2)[C@H]1OC(=O)c1ccccc1. The number of methoxy groups -OCH3 is 1. The fraction of sp³-hybridized carbons (Fsp3) is 0.232. The molecule has 0 spiro atoms. The highest BCUT2D eigenvalue weighted by molar-refractivity contribution is 5.93. The van der Waals surface area contributed by atoms with Crippen LogP contribution in [-0.4, -0.2) is 178 Å². The number of carbonyl (C=O) groups is 9. The highest BCUT2D eigenvalue weighted by Gasteiger charge is 2.60. The lowest BCUT2D eigenvalue weighted by Crippen LogP contribution is -2.69. The molecule has 12 rings (SSSR count). The van der Waals surface area contributed by atoms with E-state index in [0.717, 1.165) is 0 Å². The van der Waals surface area contributed by atoms with Gasteiger partial charge in [-0.05, 0) is 109 Å². The third kappa shape index (κ3) is 18.9. The number of esters is 9. The molecular formula is C82H70O25. The van der Waals surface area contributed by atoms with Gasteiger partial charge in [-0.3, -0.25) is 0 Å². The average Bonchev–Trinajstić information content (AvgIpc) is 0.757. The molecule has 0 saturated carbocycles. The van der Waals surface area contributed by atoms with Crippen molar-refractivity contribution in [2.45, 2.75) is 92.1 Å². The molecule has 0 radical (unpaired) electrons. The molecule has 15 atom stereocenters. The quantitative estimate of drug-likeness (QED) is 0.0389. The van der Waals surface area contributed by atoms with Gasteiger partial charge in [0.25, 0.3) is 0 Å². The first-order chi connectivity index (χ1) is 52.2. The summed E-state index contributed by atoms with van der Waals surface area (Å²) in [7, 11) is 1.19. The topological polar surface area (TPSA) is 312 Å². The summed E-state index contributed by atoms with van der Waals surface area (Å²) in [4.78, 5) is 131. The van der Waals surface area contributed by atoms with Gasteiger partial charge in [0.1, 0.15) is 56.4 Å². The van der Waals surface area contributed by atoms with Crippen molar-refractivity contribution >= 4 is 53.7 Å². The Kier molecular flexibility index (Phi) is 25.2. The second-order valence-corrected chi connectivity index (χ2v) is 24.4. The molecule has 25 heteroatoms. The summed E-state index contributed by atoms with van der Waals surface area (Å²) in [6, 6.07) is 68.5. The summed E-state index contributed by atoms with van der Waals surface area (Å²) >= 11 is 0. The maximum absolute atomic E-state index is 15.3. The summed E-state index contributed by atoms with van der Waals surface area (Å²) in [5.41, 5.74) is -0.134. The minimum Gasteiger partial charge on any atom is -0.459 e. The number of ether oxygens (including phenoxy) is 15. The number of hydrogen-bond acceptors (Lipinski definition) is 25. The van der Waals surface area contributed by atoms with Crippen LogP contribution in [0.15, 0.2) is 273 Å². The predicted molar refractivity (Wildman–Crippen MR) is 373 cm³/mol. The zero-order valence-electron chi connectivity index (χ0n) is 57.0. The first kappa shape index (κ1) is 74.6. The number of carbonyl (C=O) groups excluding carboxylic acids is 9. The van der Waals surface area contributed by atoms with Crippen LogP contribution in [0.4, 0.5) is 0 Å². The van der Waals surface area contributed by atoms with Crippen molar-refractivity contribution in [3.05, 3.63) is 323 Å². The van der Waals surface area contributed by atoms with Gasteiger partial charge in [-0.1, -0.05) is 164 Å². The van der Waals surface area contributed by atoms with E-state index in [1.807, 2.05) is 0 Å². The van der Waals surface area contributed by atoms with Crippen molar-refractivity contribution in [1.29, 1.82) is 0 Å². The van der Waals surface area contributed by atoms with E-state index in [4.69, 9.17) is 71.1 Å². The van der Waals surface area contributed by atoms with Crippen LogP contribution in [0.1, 0.15) is 93.2 Å². The van der Waals surface area contributed by atoms with Crippen molar-refractivity contribution in [3.8, 4) is 0 Å². The normalized spacial score (nSPS) is 23.8. The lowest BCUT2D eigenvalue weighted by Gasteiger charge is -2.50. The largest absolute Gasteiger partial charge is 0.459 e. The van der Waals surface area contributed by atoms with Crippen LogP contribution in [-0.2, 0) is 71.1 Å². The Balaban J connectivity index is 1.04. The van der Waals surface area contributed by atoms with E-state index in [9.17, 15) is 38.7 Å². The monoisotopic (exact) mass is 1450 g/mol. The lowest BCUT2D eigenvalue weighted by atomic mass is 9.94. The Hall–Kier alpha value is -12.1. The Morgan fingerprint density at radius 1 is 0.252 bits per heavy atom. The van der Waals surface area contributed by atoms with Gasteiger partial charge in [-0.2, -0.15) is 0 Å². The maximum Gasteiger partial charge on any atom is 0.338 e. The molecule has 0 bridgehead atoms. The Labute approximate surface area is 612 Å². The van der Waals surface area contributed by atoms with E-state index in [1.165, 1.54) is 153 Å². The van der Waals surface area contributed by atoms with Crippen LogP contribution in [0.3, 0.4) is 0 Å². The number of aliphatic hydroxyl groups is 1. The van der Waals surface area contributed by atoms with E-state index >= 15 is 9.59 Å². The number of benzene rings is 9. The zero-order valence-corrected chi connectivity index (χ0v) is 57.0. The van der Waals surface area contributed by atoms with Gasteiger partial charge in [-0.15, -0.1) is 0 Å². The van der Waals surface area contributed by atoms with Crippen LogP contribution >= 0.6 is 0 Å². The Morgan fingerprint density at radius 3 is 0.710 bits per heavy atom. The molecule has 107 heavy (non-hydrogen) atoms. The molecule has 25 nitrogen and oxygen atoms in total. The molecule has 0 unspecified atom stereocenters. The first-order valence-corrected chi connectivity index (χ1v) is 33.9. The molecule has 3 fully saturated rings. The molecule has 9 aromatic carbocycles. The molecule has 3 aliphatic rings. The molecular weight excluding hydrogens is 1380 g/mol. The fourth-order valence-electron chi connectivity index (χ4n) is 11.9. The van der Waals surface area contributed by atoms with Gasteiger partial charge in [0.2, 0.25) is 0 Å². The molecule has 0 aliphatic carbocycles. The third-order valence-electron chi connectivity index (χ3n) is 17.3. The molecule has 9 aromatic rings. The second-order valence-electron chi connectivity index (χ2n) is 24.4. The van der Waals surface area contributed by atoms with Crippen molar-refractivity contribution < 1.29 is 119 Å². The van der Waals surface area contributed by atoms with E-state index in [0.29, 0.717) is 0 Å². The summed E-state index contributed by atoms with van der Waals surface area (Å²) in [6.07, 6.45) is -30.4. The zero-order chi connectivity index (χ0) is 74.6. The van der Waals surface area contributed by atoms with Crippen LogP contribution in [0.5, 0.6) is 0 Å². The fourth-order valence-corrected chi connectivity index (χ4v) is 11.9. The standard InChI is InChI=1S/C82H70O25/c1-93-80-69(104-78(91)57-43-25-9-26-44-57)67(64(101-75(88)54-37-19-6-20-38-54)60(97-80)48-95-72(85)51-31-13-3-14-32-51)107-82-70(105-79(92)58-45-27-10-28-46-58)68(65(102-76(89)55-39-21-7-22-40-55)61(99-82)49-96-73(86)52-33-15-4-16-34-52)106-81-66(103-77(90)56-41-23-8-24-42-56)62(83)63(100-74(87)53-35-17-5-18-36-53)59(98-81)47-94-71(84)50-29-11-2-12-30-50/h2-46,59-70,80-83H,47-49H2,1H3/t59-,60-,61-,62+,63+,64+,65+,66-,67+,68+,69-,70-,80-,81+,82+/m1/s1. The highest BCUT2D eigenvalue weighted by Crippen LogP contribution is 2.40. The average molecular weight is 1460 g/mol. The van der Waals surface area contributed by atoms with Crippen molar-refractivity contribution in [2.24, 2.45) is 0 Å².